The van der Waals surface area contributed by atoms with Gasteiger partial charge in [0.05, 0.1) is 6.04 Å². The van der Waals surface area contributed by atoms with E-state index in [1.807, 2.05) is 0 Å². The molecule has 1 saturated heterocycles. The van der Waals surface area contributed by atoms with Crippen LogP contribution < -0.4 is 5.32 Å². The Morgan fingerprint density at radius 2 is 2.22 bits per heavy atom. The Bertz CT molecular complexity index is 428. The first kappa shape index (κ1) is 13.5. The molecule has 2 nitrogen and oxygen atoms in total. The molecule has 0 bridgehead atoms. The molecule has 2 rings (SSSR count). The molecule has 98 valence electrons. The van der Waals surface area contributed by atoms with Crippen molar-refractivity contribution in [3.8, 4) is 0 Å². The maximum Gasteiger partial charge on any atom is 0.154 e. The van der Waals surface area contributed by atoms with Crippen LogP contribution >= 0.6 is 11.6 Å². The zero-order chi connectivity index (χ0) is 13.0. The number of rotatable bonds is 3. The number of carbonyl (C=O) groups excluding carboxylic acids is 1. The van der Waals surface area contributed by atoms with Gasteiger partial charge in [-0.15, -0.1) is 0 Å². The van der Waals surface area contributed by atoms with E-state index in [0.717, 1.165) is 25.8 Å². The van der Waals surface area contributed by atoms with Crippen LogP contribution in [-0.4, -0.2) is 18.4 Å². The van der Waals surface area contributed by atoms with E-state index in [0.29, 0.717) is 10.6 Å². The van der Waals surface area contributed by atoms with Crippen molar-refractivity contribution in [3.05, 3.63) is 34.6 Å². The average Bonchev–Trinajstić information content (AvgIpc) is 2.61. The topological polar surface area (TPSA) is 29.1 Å². The smallest absolute Gasteiger partial charge is 0.154 e. The number of halogens is 2. The van der Waals surface area contributed by atoms with Gasteiger partial charge in [-0.05, 0) is 37.1 Å². The zero-order valence-electron chi connectivity index (χ0n) is 10.2. The van der Waals surface area contributed by atoms with E-state index in [9.17, 15) is 9.18 Å². The van der Waals surface area contributed by atoms with Gasteiger partial charge < -0.3 is 5.32 Å². The molecule has 0 aliphatic carbocycles. The molecular formula is C14H17ClFNO. The van der Waals surface area contributed by atoms with Crippen molar-refractivity contribution < 1.29 is 9.18 Å². The molecular weight excluding hydrogens is 253 g/mol. The second kappa shape index (κ2) is 6.30. The first-order valence-electron chi connectivity index (χ1n) is 6.37. The number of carbonyl (C=O) groups is 1. The van der Waals surface area contributed by atoms with E-state index in [1.165, 1.54) is 18.6 Å². The minimum absolute atomic E-state index is 0.0754. The summed E-state index contributed by atoms with van der Waals surface area (Å²) in [6, 6.07) is 4.11. The highest BCUT2D eigenvalue weighted by Gasteiger charge is 2.20. The number of benzene rings is 1. The van der Waals surface area contributed by atoms with Crippen LogP contribution in [0.4, 0.5) is 4.39 Å². The third-order valence-electron chi connectivity index (χ3n) is 3.33. The van der Waals surface area contributed by atoms with Gasteiger partial charge in [-0.3, -0.25) is 4.79 Å². The minimum atomic E-state index is -0.371. The van der Waals surface area contributed by atoms with Crippen LogP contribution in [0.25, 0.3) is 0 Å². The second-order valence-electron chi connectivity index (χ2n) is 4.73. The minimum Gasteiger partial charge on any atom is -0.307 e. The summed E-state index contributed by atoms with van der Waals surface area (Å²) < 4.78 is 12.9. The Morgan fingerprint density at radius 3 is 3.00 bits per heavy atom. The van der Waals surface area contributed by atoms with Gasteiger partial charge in [-0.25, -0.2) is 4.39 Å². The highest BCUT2D eigenvalue weighted by atomic mass is 35.5. The van der Waals surface area contributed by atoms with Crippen molar-refractivity contribution in [1.29, 1.82) is 0 Å². The fourth-order valence-electron chi connectivity index (χ4n) is 2.28. The van der Waals surface area contributed by atoms with Crippen molar-refractivity contribution in [2.45, 2.75) is 38.1 Å². The quantitative estimate of drug-likeness (QED) is 0.913. The Balaban J connectivity index is 2.01. The fraction of sp³-hybridized carbons (Fsp3) is 0.500. The van der Waals surface area contributed by atoms with Gasteiger partial charge in [0.25, 0.3) is 0 Å². The third-order valence-corrected chi connectivity index (χ3v) is 3.68. The Kier molecular flexibility index (Phi) is 4.72. The van der Waals surface area contributed by atoms with Gasteiger partial charge in [-0.1, -0.05) is 30.5 Å². The summed E-state index contributed by atoms with van der Waals surface area (Å²) in [6.45, 7) is 0.896. The van der Waals surface area contributed by atoms with Crippen molar-refractivity contribution in [2.24, 2.45) is 0 Å². The van der Waals surface area contributed by atoms with Crippen LogP contribution in [-0.2, 0) is 11.2 Å². The average molecular weight is 270 g/mol. The lowest BCUT2D eigenvalue weighted by atomic mass is 10.0. The monoisotopic (exact) mass is 269 g/mol. The molecule has 1 N–H and O–H groups in total. The van der Waals surface area contributed by atoms with Gasteiger partial charge >= 0.3 is 0 Å². The Hall–Kier alpha value is -0.930. The molecule has 1 aromatic rings. The van der Waals surface area contributed by atoms with Gasteiger partial charge in [0.2, 0.25) is 0 Å². The summed E-state index contributed by atoms with van der Waals surface area (Å²) >= 11 is 5.93. The third kappa shape index (κ3) is 3.53. The molecule has 1 aromatic carbocycles. The molecule has 1 fully saturated rings. The summed E-state index contributed by atoms with van der Waals surface area (Å²) in [5, 5.41) is 3.60. The Labute approximate surface area is 112 Å². The summed E-state index contributed by atoms with van der Waals surface area (Å²) in [7, 11) is 0. The van der Waals surface area contributed by atoms with E-state index in [4.69, 9.17) is 11.6 Å². The standard InChI is InChI=1S/C14H17ClFNO/c15-12-9-11(16)6-5-10(12)8-14(18)13-4-2-1-3-7-17-13/h5-6,9,13,17H,1-4,7-8H2. The van der Waals surface area contributed by atoms with Crippen molar-refractivity contribution in [2.75, 3.05) is 6.54 Å². The van der Waals surface area contributed by atoms with E-state index in [1.54, 1.807) is 6.07 Å². The molecule has 1 heterocycles. The van der Waals surface area contributed by atoms with Crippen molar-refractivity contribution in [1.82, 2.24) is 5.32 Å². The van der Waals surface area contributed by atoms with Gasteiger partial charge in [-0.2, -0.15) is 0 Å². The van der Waals surface area contributed by atoms with E-state index >= 15 is 0 Å². The molecule has 1 atom stereocenters. The number of hydrogen-bond donors (Lipinski definition) is 1. The highest BCUT2D eigenvalue weighted by Crippen LogP contribution is 2.19. The lowest BCUT2D eigenvalue weighted by Crippen LogP contribution is -2.37. The summed E-state index contributed by atoms with van der Waals surface area (Å²) in [5.74, 6) is -0.228. The molecule has 1 aliphatic rings. The van der Waals surface area contributed by atoms with Gasteiger partial charge in [0.15, 0.2) is 5.78 Å². The van der Waals surface area contributed by atoms with Gasteiger partial charge in [0, 0.05) is 11.4 Å². The predicted molar refractivity (Wildman–Crippen MR) is 70.4 cm³/mol. The lowest BCUT2D eigenvalue weighted by Gasteiger charge is -2.14. The van der Waals surface area contributed by atoms with Crippen LogP contribution in [0.1, 0.15) is 31.2 Å². The van der Waals surface area contributed by atoms with E-state index < -0.39 is 0 Å². The second-order valence-corrected chi connectivity index (χ2v) is 5.14. The summed E-state index contributed by atoms with van der Waals surface area (Å²) in [5.41, 5.74) is 0.703. The van der Waals surface area contributed by atoms with E-state index in [2.05, 4.69) is 5.32 Å². The number of ketones is 1. The van der Waals surface area contributed by atoms with E-state index in [-0.39, 0.29) is 24.1 Å². The van der Waals surface area contributed by atoms with Crippen molar-refractivity contribution >= 4 is 17.4 Å². The molecule has 18 heavy (non-hydrogen) atoms. The van der Waals surface area contributed by atoms with Crippen LogP contribution in [0.15, 0.2) is 18.2 Å². The van der Waals surface area contributed by atoms with Crippen LogP contribution in [0, 0.1) is 5.82 Å². The molecule has 1 unspecified atom stereocenters. The summed E-state index contributed by atoms with van der Waals surface area (Å²) in [4.78, 5) is 12.1. The van der Waals surface area contributed by atoms with Crippen LogP contribution in [0.5, 0.6) is 0 Å². The molecule has 0 saturated carbocycles. The van der Waals surface area contributed by atoms with Crippen LogP contribution in [0.2, 0.25) is 5.02 Å². The SMILES string of the molecule is O=C(Cc1ccc(F)cc1Cl)C1CCCCCN1. The first-order chi connectivity index (χ1) is 8.66. The molecule has 0 spiro atoms. The molecule has 4 heteroatoms. The largest absolute Gasteiger partial charge is 0.307 e. The van der Waals surface area contributed by atoms with Crippen molar-refractivity contribution in [3.63, 3.8) is 0 Å². The maximum absolute atomic E-state index is 12.9. The normalized spacial score (nSPS) is 20.4. The van der Waals surface area contributed by atoms with Crippen LogP contribution in [0.3, 0.4) is 0 Å². The molecule has 0 amide bonds. The Morgan fingerprint density at radius 1 is 1.39 bits per heavy atom. The number of Topliss-reactive ketones (excluding diaryl/α,β-unsaturated/α-hetero) is 1. The lowest BCUT2D eigenvalue weighted by molar-refractivity contribution is -0.120. The zero-order valence-corrected chi connectivity index (χ0v) is 11.0. The maximum atomic E-state index is 12.9. The van der Waals surface area contributed by atoms with Gasteiger partial charge in [0.1, 0.15) is 5.82 Å². The first-order valence-corrected chi connectivity index (χ1v) is 6.74. The number of nitrogens with one attached hydrogen (secondary N) is 1. The fourth-order valence-corrected chi connectivity index (χ4v) is 2.51. The molecule has 0 aromatic heterocycles. The predicted octanol–water partition coefficient (Wildman–Crippen LogP) is 3.12. The molecule has 0 radical (unpaired) electrons. The highest BCUT2D eigenvalue weighted by molar-refractivity contribution is 6.31. The number of hydrogen-bond acceptors (Lipinski definition) is 2. The molecule has 1 aliphatic heterocycles. The summed E-state index contributed by atoms with van der Waals surface area (Å²) in [6.07, 6.45) is 4.55.